The van der Waals surface area contributed by atoms with E-state index in [2.05, 4.69) is 15.0 Å². The zero-order valence-corrected chi connectivity index (χ0v) is 27.7. The summed E-state index contributed by atoms with van der Waals surface area (Å²) in [6.07, 6.45) is 7.79. The molecule has 12 nitrogen and oxygen atoms in total. The molecule has 0 radical (unpaired) electrons. The summed E-state index contributed by atoms with van der Waals surface area (Å²) in [5.74, 6) is -0.0512. The summed E-state index contributed by atoms with van der Waals surface area (Å²) in [5.41, 5.74) is 1.11. The zero-order chi connectivity index (χ0) is 33.4. The minimum atomic E-state index is -1.13. The lowest BCUT2D eigenvalue weighted by Gasteiger charge is -2.43. The molecule has 0 aliphatic carbocycles. The molecule has 1 aromatic carbocycles. The van der Waals surface area contributed by atoms with Crippen LogP contribution in [0.2, 0.25) is 0 Å². The molecule has 1 N–H and O–H groups in total. The second-order valence-corrected chi connectivity index (χ2v) is 13.7. The van der Waals surface area contributed by atoms with E-state index in [1.54, 1.807) is 42.4 Å². The molecule has 2 aliphatic rings. The maximum Gasteiger partial charge on any atom is 0.265 e. The van der Waals surface area contributed by atoms with Crippen LogP contribution in [0.5, 0.6) is 5.88 Å². The average Bonchev–Trinajstić information content (AvgIpc) is 3.77. The molecule has 0 bridgehead atoms. The molecule has 248 valence electrons. The van der Waals surface area contributed by atoms with Gasteiger partial charge in [-0.15, -0.1) is 11.3 Å². The van der Waals surface area contributed by atoms with Crippen molar-refractivity contribution in [1.29, 1.82) is 0 Å². The fraction of sp³-hybridized carbons (Fsp3) is 0.371. The number of rotatable bonds is 7. The molecular formula is C35H37N7O5S. The minimum Gasteiger partial charge on any atom is -0.481 e. The molecule has 2 saturated heterocycles. The minimum absolute atomic E-state index is 0.0367. The standard InChI is InChI=1S/C35H37N7O5S/c1-39-14-10-26-30(39)38-22-42(33(26)44)21-35(46)12-16-40(17-13-35)32(43)25-11-15-41(20-27(25)23-6-4-3-5-7-23)34(45)28-19-37-31(48-28)24-8-9-29(47-2)36-18-24/h3-10,14,18-19,22,25,27,46H,11-13,15-17,20-21H2,1-2H3/t25-,27+/m1/s1. The van der Waals surface area contributed by atoms with Crippen molar-refractivity contribution in [2.24, 2.45) is 13.0 Å². The summed E-state index contributed by atoms with van der Waals surface area (Å²) in [6.45, 7) is 1.75. The summed E-state index contributed by atoms with van der Waals surface area (Å²) in [7, 11) is 3.40. The molecule has 0 unspecified atom stereocenters. The topological polar surface area (TPSA) is 136 Å². The molecular weight excluding hydrogens is 630 g/mol. The lowest BCUT2D eigenvalue weighted by Crippen LogP contribution is -2.53. The van der Waals surface area contributed by atoms with Crippen LogP contribution in [0.1, 0.15) is 40.4 Å². The van der Waals surface area contributed by atoms with Crippen molar-refractivity contribution in [3.8, 4) is 16.5 Å². The summed E-state index contributed by atoms with van der Waals surface area (Å²) in [5, 5.41) is 12.7. The molecule has 13 heteroatoms. The van der Waals surface area contributed by atoms with Gasteiger partial charge in [-0.2, -0.15) is 0 Å². The van der Waals surface area contributed by atoms with E-state index in [9.17, 15) is 19.5 Å². The number of hydrogen-bond donors (Lipinski definition) is 1. The number of fused-ring (bicyclic) bond motifs is 1. The van der Waals surface area contributed by atoms with E-state index in [4.69, 9.17) is 4.74 Å². The highest BCUT2D eigenvalue weighted by molar-refractivity contribution is 7.16. The van der Waals surface area contributed by atoms with Gasteiger partial charge in [0, 0.05) is 69.1 Å². The van der Waals surface area contributed by atoms with Crippen molar-refractivity contribution in [3.05, 3.63) is 94.2 Å². The third-order valence-electron chi connectivity index (χ3n) is 9.67. The molecule has 0 saturated carbocycles. The van der Waals surface area contributed by atoms with Crippen LogP contribution in [0, 0.1) is 5.92 Å². The molecule has 2 aliphatic heterocycles. The number of carbonyl (C=O) groups is 2. The van der Waals surface area contributed by atoms with Gasteiger partial charge in [-0.3, -0.25) is 19.0 Å². The third kappa shape index (κ3) is 6.11. The largest absolute Gasteiger partial charge is 0.481 e. The van der Waals surface area contributed by atoms with E-state index in [-0.39, 0.29) is 35.8 Å². The lowest BCUT2D eigenvalue weighted by atomic mass is 9.79. The van der Waals surface area contributed by atoms with Gasteiger partial charge in [0.05, 0.1) is 30.8 Å². The number of hydrogen-bond acceptors (Lipinski definition) is 9. The van der Waals surface area contributed by atoms with Crippen LogP contribution >= 0.6 is 11.3 Å². The van der Waals surface area contributed by atoms with Gasteiger partial charge in [0.2, 0.25) is 11.8 Å². The quantitative estimate of drug-likeness (QED) is 0.279. The van der Waals surface area contributed by atoms with Crippen molar-refractivity contribution in [3.63, 3.8) is 0 Å². The van der Waals surface area contributed by atoms with Gasteiger partial charge >= 0.3 is 0 Å². The Morgan fingerprint density at radius 1 is 1.00 bits per heavy atom. The number of aliphatic hydroxyl groups is 1. The first-order valence-corrected chi connectivity index (χ1v) is 16.9. The Morgan fingerprint density at radius 2 is 1.79 bits per heavy atom. The predicted molar refractivity (Wildman–Crippen MR) is 181 cm³/mol. The summed E-state index contributed by atoms with van der Waals surface area (Å²) < 4.78 is 8.41. The Labute approximate surface area is 281 Å². The highest BCUT2D eigenvalue weighted by atomic mass is 32.1. The number of carbonyl (C=O) groups excluding carboxylic acids is 2. The Morgan fingerprint density at radius 3 is 2.52 bits per heavy atom. The normalized spacial score (nSPS) is 19.4. The smallest absolute Gasteiger partial charge is 0.265 e. The van der Waals surface area contributed by atoms with Crippen molar-refractivity contribution in [2.45, 2.75) is 37.3 Å². The van der Waals surface area contributed by atoms with Crippen LogP contribution in [-0.2, 0) is 18.4 Å². The number of methoxy groups -OCH3 is 1. The van der Waals surface area contributed by atoms with Gasteiger partial charge in [-0.05, 0) is 37.0 Å². The number of nitrogens with zero attached hydrogens (tertiary/aromatic N) is 7. The second kappa shape index (κ2) is 13.0. The SMILES string of the molecule is COc1ccc(-c2ncc(C(=O)N3CC[C@@H](C(=O)N4CCC(O)(Cn5cnc6c(ccn6C)c5=O)CC4)[C@H](c4ccccc4)C3)s2)cn1. The number of pyridine rings is 1. The number of ether oxygens (including phenoxy) is 1. The van der Waals surface area contributed by atoms with Gasteiger partial charge in [0.15, 0.2) is 0 Å². The van der Waals surface area contributed by atoms with E-state index < -0.39 is 5.60 Å². The Bertz CT molecular complexity index is 2000. The fourth-order valence-electron chi connectivity index (χ4n) is 6.91. The van der Waals surface area contributed by atoms with E-state index in [1.165, 1.54) is 22.2 Å². The number of piperidine rings is 2. The number of aromatic nitrogens is 5. The first kappa shape index (κ1) is 31.7. The maximum absolute atomic E-state index is 14.1. The molecule has 6 heterocycles. The number of aryl methyl sites for hydroxylation is 1. The number of thiazole rings is 1. The Kier molecular flexibility index (Phi) is 8.56. The van der Waals surface area contributed by atoms with Crippen LogP contribution in [-0.4, -0.2) is 89.7 Å². The van der Waals surface area contributed by atoms with Crippen molar-refractivity contribution in [2.75, 3.05) is 33.3 Å². The average molecular weight is 668 g/mol. The molecule has 0 spiro atoms. The first-order valence-electron chi connectivity index (χ1n) is 16.0. The summed E-state index contributed by atoms with van der Waals surface area (Å²) in [6, 6.07) is 15.3. The van der Waals surface area contributed by atoms with E-state index in [0.29, 0.717) is 72.2 Å². The molecule has 2 amide bonds. The number of likely N-dealkylation sites (tertiary alicyclic amines) is 2. The highest BCUT2D eigenvalue weighted by Crippen LogP contribution is 2.37. The van der Waals surface area contributed by atoms with Gasteiger partial charge in [-0.1, -0.05) is 30.3 Å². The first-order chi connectivity index (χ1) is 23.2. The molecule has 2 atom stereocenters. The molecule has 48 heavy (non-hydrogen) atoms. The van der Waals surface area contributed by atoms with Gasteiger partial charge in [0.1, 0.15) is 21.9 Å². The summed E-state index contributed by atoms with van der Waals surface area (Å²) >= 11 is 1.32. The molecule has 2 fully saturated rings. The van der Waals surface area contributed by atoms with Gasteiger partial charge in [-0.25, -0.2) is 15.0 Å². The van der Waals surface area contributed by atoms with Crippen molar-refractivity contribution in [1.82, 2.24) is 33.9 Å². The molecule has 7 rings (SSSR count). The van der Waals surface area contributed by atoms with Crippen molar-refractivity contribution >= 4 is 34.2 Å². The van der Waals surface area contributed by atoms with Crippen LogP contribution < -0.4 is 10.3 Å². The monoisotopic (exact) mass is 667 g/mol. The predicted octanol–water partition coefficient (Wildman–Crippen LogP) is 3.56. The maximum atomic E-state index is 14.1. The van der Waals surface area contributed by atoms with Crippen LogP contribution in [0.4, 0.5) is 0 Å². The van der Waals surface area contributed by atoms with E-state index >= 15 is 0 Å². The van der Waals surface area contributed by atoms with E-state index in [1.807, 2.05) is 53.2 Å². The van der Waals surface area contributed by atoms with Gasteiger partial charge in [0.25, 0.3) is 11.5 Å². The van der Waals surface area contributed by atoms with Gasteiger partial charge < -0.3 is 24.2 Å². The fourth-order valence-corrected chi connectivity index (χ4v) is 7.78. The molecule has 4 aromatic heterocycles. The number of benzene rings is 1. The third-order valence-corrected chi connectivity index (χ3v) is 10.7. The zero-order valence-electron chi connectivity index (χ0n) is 26.9. The van der Waals surface area contributed by atoms with Crippen LogP contribution in [0.25, 0.3) is 21.6 Å². The highest BCUT2D eigenvalue weighted by Gasteiger charge is 2.42. The van der Waals surface area contributed by atoms with Crippen molar-refractivity contribution < 1.29 is 19.4 Å². The van der Waals surface area contributed by atoms with Crippen LogP contribution in [0.3, 0.4) is 0 Å². The Hall–Kier alpha value is -4.88. The van der Waals surface area contributed by atoms with E-state index in [0.717, 1.165) is 11.1 Å². The summed E-state index contributed by atoms with van der Waals surface area (Å²) in [4.78, 5) is 58.2. The lowest BCUT2D eigenvalue weighted by molar-refractivity contribution is -0.142. The number of amides is 2. The molecule has 5 aromatic rings. The second-order valence-electron chi connectivity index (χ2n) is 12.7. The van der Waals surface area contributed by atoms with Crippen LogP contribution in [0.15, 0.2) is 78.2 Å². The Balaban J connectivity index is 1.03.